The molecule has 1 aliphatic heterocycles. The van der Waals surface area contributed by atoms with Gasteiger partial charge in [-0.05, 0) is 25.1 Å². The molecule has 1 aliphatic rings. The van der Waals surface area contributed by atoms with Crippen LogP contribution in [0.4, 0.5) is 0 Å². The summed E-state index contributed by atoms with van der Waals surface area (Å²) < 4.78 is 11.4. The smallest absolute Gasteiger partial charge is 0.192 e. The number of epoxide rings is 1. The molecule has 3 heteroatoms. The van der Waals surface area contributed by atoms with Crippen LogP contribution in [0, 0.1) is 0 Å². The quantitative estimate of drug-likeness (QED) is 0.518. The average molecular weight is 202 g/mol. The maximum absolute atomic E-state index is 6.14. The Morgan fingerprint density at radius 3 is 2.15 bits per heavy atom. The molecule has 0 aromatic carbocycles. The summed E-state index contributed by atoms with van der Waals surface area (Å²) in [6.45, 7) is 14.4. The van der Waals surface area contributed by atoms with Crippen LogP contribution in [0.25, 0.3) is 0 Å². The summed E-state index contributed by atoms with van der Waals surface area (Å²) in [5.74, 6) is 0. The van der Waals surface area contributed by atoms with E-state index < -0.39 is 8.32 Å². The summed E-state index contributed by atoms with van der Waals surface area (Å²) in [5.41, 5.74) is 0. The third-order valence-corrected chi connectivity index (χ3v) is 7.74. The number of rotatable bonds is 3. The first kappa shape index (κ1) is 11.2. The molecule has 2 nitrogen and oxygen atoms in total. The summed E-state index contributed by atoms with van der Waals surface area (Å²) in [7, 11) is -1.57. The van der Waals surface area contributed by atoms with E-state index in [0.29, 0.717) is 11.1 Å². The molecule has 13 heavy (non-hydrogen) atoms. The summed E-state index contributed by atoms with van der Waals surface area (Å²) in [6.07, 6.45) is 0.648. The van der Waals surface area contributed by atoms with Crippen molar-refractivity contribution in [3.05, 3.63) is 0 Å². The van der Waals surface area contributed by atoms with Gasteiger partial charge in [-0.25, -0.2) is 0 Å². The average Bonchev–Trinajstić information content (AvgIpc) is 2.62. The molecule has 0 spiro atoms. The van der Waals surface area contributed by atoms with Gasteiger partial charge in [-0.15, -0.1) is 0 Å². The lowest BCUT2D eigenvalue weighted by atomic mass is 10.2. The Morgan fingerprint density at radius 1 is 1.38 bits per heavy atom. The van der Waals surface area contributed by atoms with E-state index in [1.165, 1.54) is 0 Å². The van der Waals surface area contributed by atoms with Gasteiger partial charge in [0.2, 0.25) is 0 Å². The molecule has 0 unspecified atom stereocenters. The van der Waals surface area contributed by atoms with Gasteiger partial charge in [-0.1, -0.05) is 20.8 Å². The third-order valence-electron chi connectivity index (χ3n) is 3.17. The first-order valence-corrected chi connectivity index (χ1v) is 7.94. The van der Waals surface area contributed by atoms with Gasteiger partial charge in [0.05, 0.1) is 12.7 Å². The van der Waals surface area contributed by atoms with Crippen LogP contribution in [0.2, 0.25) is 18.1 Å². The maximum atomic E-state index is 6.14. The Labute approximate surface area is 82.7 Å². The van der Waals surface area contributed by atoms with Gasteiger partial charge in [-0.3, -0.25) is 0 Å². The fourth-order valence-corrected chi connectivity index (χ4v) is 2.48. The lowest BCUT2D eigenvalue weighted by Gasteiger charge is -2.38. The van der Waals surface area contributed by atoms with Crippen molar-refractivity contribution in [2.45, 2.75) is 58.0 Å². The van der Waals surface area contributed by atoms with Gasteiger partial charge < -0.3 is 9.16 Å². The maximum Gasteiger partial charge on any atom is 0.192 e. The first-order valence-electron chi connectivity index (χ1n) is 5.03. The highest BCUT2D eigenvalue weighted by Gasteiger charge is 2.41. The molecule has 0 saturated carbocycles. The molecule has 0 radical (unpaired) electrons. The minimum absolute atomic E-state index is 0.279. The van der Waals surface area contributed by atoms with Crippen LogP contribution in [0.3, 0.4) is 0 Å². The predicted molar refractivity (Wildman–Crippen MR) is 57.5 cm³/mol. The second kappa shape index (κ2) is 3.37. The van der Waals surface area contributed by atoms with Crippen molar-refractivity contribution in [3.8, 4) is 0 Å². The second-order valence-electron chi connectivity index (χ2n) is 5.46. The Hall–Kier alpha value is 0.137. The van der Waals surface area contributed by atoms with E-state index in [1.54, 1.807) is 0 Å². The van der Waals surface area contributed by atoms with Gasteiger partial charge in [-0.2, -0.15) is 0 Å². The Bertz CT molecular complexity index is 180. The number of hydrogen-bond acceptors (Lipinski definition) is 2. The highest BCUT2D eigenvalue weighted by Crippen LogP contribution is 2.38. The van der Waals surface area contributed by atoms with Crippen molar-refractivity contribution in [3.63, 3.8) is 0 Å². The van der Waals surface area contributed by atoms with Crippen LogP contribution in [-0.4, -0.2) is 27.1 Å². The molecule has 1 fully saturated rings. The van der Waals surface area contributed by atoms with Gasteiger partial charge in [0, 0.05) is 0 Å². The Kier molecular flexibility index (Phi) is 2.91. The van der Waals surface area contributed by atoms with Gasteiger partial charge >= 0.3 is 0 Å². The van der Waals surface area contributed by atoms with Crippen molar-refractivity contribution in [2.24, 2.45) is 0 Å². The van der Waals surface area contributed by atoms with Crippen molar-refractivity contribution in [2.75, 3.05) is 6.61 Å². The number of ether oxygens (including phenoxy) is 1. The molecule has 1 rings (SSSR count). The summed E-state index contributed by atoms with van der Waals surface area (Å²) in [4.78, 5) is 0. The van der Waals surface area contributed by atoms with E-state index in [9.17, 15) is 0 Å². The van der Waals surface area contributed by atoms with Gasteiger partial charge in [0.25, 0.3) is 0 Å². The van der Waals surface area contributed by atoms with Crippen LogP contribution in [-0.2, 0) is 9.16 Å². The Morgan fingerprint density at radius 2 is 1.85 bits per heavy atom. The zero-order valence-electron chi connectivity index (χ0n) is 9.68. The Balaban J connectivity index is 2.49. The van der Waals surface area contributed by atoms with E-state index in [1.807, 2.05) is 0 Å². The van der Waals surface area contributed by atoms with Crippen molar-refractivity contribution in [1.82, 2.24) is 0 Å². The highest BCUT2D eigenvalue weighted by molar-refractivity contribution is 6.74. The van der Waals surface area contributed by atoms with E-state index in [4.69, 9.17) is 9.16 Å². The summed E-state index contributed by atoms with van der Waals surface area (Å²) >= 11 is 0. The molecular weight excluding hydrogens is 180 g/mol. The molecule has 1 saturated heterocycles. The fraction of sp³-hybridized carbons (Fsp3) is 1.00. The molecule has 0 aromatic heterocycles. The molecule has 0 aromatic rings. The molecule has 1 heterocycles. The molecule has 78 valence electrons. The van der Waals surface area contributed by atoms with Crippen LogP contribution < -0.4 is 0 Å². The normalized spacial score (nSPS) is 25.8. The van der Waals surface area contributed by atoms with E-state index in [0.717, 1.165) is 6.61 Å². The lowest BCUT2D eigenvalue weighted by molar-refractivity contribution is 0.159. The molecule has 0 N–H and O–H groups in total. The highest BCUT2D eigenvalue weighted by atomic mass is 28.4. The van der Waals surface area contributed by atoms with Crippen molar-refractivity contribution < 1.29 is 9.16 Å². The number of hydrogen-bond donors (Lipinski definition) is 0. The van der Waals surface area contributed by atoms with Crippen LogP contribution in [0.1, 0.15) is 27.7 Å². The minimum Gasteiger partial charge on any atom is -0.411 e. The van der Waals surface area contributed by atoms with E-state index >= 15 is 0 Å². The monoisotopic (exact) mass is 202 g/mol. The molecular formula is C10H22O2Si. The molecule has 2 atom stereocenters. The topological polar surface area (TPSA) is 21.8 Å². The van der Waals surface area contributed by atoms with E-state index in [-0.39, 0.29) is 6.10 Å². The standard InChI is InChI=1S/C10H22O2Si/c1-8(9-7-11-9)12-13(5,6)10(2,3)4/h8-9H,7H2,1-6H3/t8-,9+/m1/s1. The molecule has 0 aliphatic carbocycles. The van der Waals surface area contributed by atoms with E-state index in [2.05, 4.69) is 40.8 Å². The molecule has 0 bridgehead atoms. The largest absolute Gasteiger partial charge is 0.411 e. The summed E-state index contributed by atoms with van der Waals surface area (Å²) in [6, 6.07) is 0. The SMILES string of the molecule is C[C@@H](O[Si](C)(C)C(C)(C)C)[C@@H]1CO1. The first-order chi connectivity index (χ1) is 5.74. The zero-order valence-corrected chi connectivity index (χ0v) is 10.7. The third kappa shape index (κ3) is 2.79. The second-order valence-corrected chi connectivity index (χ2v) is 10.2. The van der Waals surface area contributed by atoms with Gasteiger partial charge in [0.15, 0.2) is 8.32 Å². The summed E-state index contributed by atoms with van der Waals surface area (Å²) in [5, 5.41) is 0.302. The van der Waals surface area contributed by atoms with Crippen molar-refractivity contribution >= 4 is 8.32 Å². The van der Waals surface area contributed by atoms with Gasteiger partial charge in [0.1, 0.15) is 6.10 Å². The minimum atomic E-state index is -1.57. The van der Waals surface area contributed by atoms with Crippen LogP contribution in [0.5, 0.6) is 0 Å². The fourth-order valence-electron chi connectivity index (χ4n) is 1.04. The van der Waals surface area contributed by atoms with Crippen LogP contribution >= 0.6 is 0 Å². The molecule has 0 amide bonds. The van der Waals surface area contributed by atoms with Crippen LogP contribution in [0.15, 0.2) is 0 Å². The lowest BCUT2D eigenvalue weighted by Crippen LogP contribution is -2.44. The zero-order chi connectivity index (χ0) is 10.3. The van der Waals surface area contributed by atoms with Crippen molar-refractivity contribution in [1.29, 1.82) is 0 Å². The predicted octanol–water partition coefficient (Wildman–Crippen LogP) is 2.80.